The molecular formula is C17H14FN3O3. The quantitative estimate of drug-likeness (QED) is 0.721. The van der Waals surface area contributed by atoms with Crippen LogP contribution in [0.3, 0.4) is 0 Å². The van der Waals surface area contributed by atoms with E-state index < -0.39 is 11.6 Å². The van der Waals surface area contributed by atoms with E-state index in [2.05, 4.69) is 15.5 Å². The largest absolute Gasteiger partial charge is 0.360 e. The van der Waals surface area contributed by atoms with Crippen LogP contribution in [0.15, 0.2) is 41.1 Å². The molecule has 24 heavy (non-hydrogen) atoms. The Labute approximate surface area is 136 Å². The highest BCUT2D eigenvalue weighted by Gasteiger charge is 2.25. The summed E-state index contributed by atoms with van der Waals surface area (Å²) in [6.07, 6.45) is 1.42. The van der Waals surface area contributed by atoms with Gasteiger partial charge in [-0.25, -0.2) is 4.39 Å². The van der Waals surface area contributed by atoms with Crippen LogP contribution >= 0.6 is 0 Å². The van der Waals surface area contributed by atoms with Gasteiger partial charge in [0.2, 0.25) is 0 Å². The number of aromatic nitrogens is 2. The summed E-state index contributed by atoms with van der Waals surface area (Å²) in [7, 11) is 1.49. The zero-order valence-corrected chi connectivity index (χ0v) is 13.0. The first kappa shape index (κ1) is 15.7. The smallest absolute Gasteiger partial charge is 0.267 e. The summed E-state index contributed by atoms with van der Waals surface area (Å²) in [5.74, 6) is -0.968. The van der Waals surface area contributed by atoms with Crippen molar-refractivity contribution in [3.05, 3.63) is 64.9 Å². The summed E-state index contributed by atoms with van der Waals surface area (Å²) >= 11 is 0. The van der Waals surface area contributed by atoms with Gasteiger partial charge < -0.3 is 14.8 Å². The molecule has 1 amide bonds. The van der Waals surface area contributed by atoms with Gasteiger partial charge in [0.05, 0.1) is 5.56 Å². The number of aromatic amines is 1. The normalized spacial score (nSPS) is 10.6. The average molecular weight is 327 g/mol. The molecule has 122 valence electrons. The molecular weight excluding hydrogens is 313 g/mol. The van der Waals surface area contributed by atoms with Crippen LogP contribution in [0.2, 0.25) is 0 Å². The van der Waals surface area contributed by atoms with E-state index in [9.17, 15) is 14.0 Å². The van der Waals surface area contributed by atoms with E-state index in [0.717, 1.165) is 0 Å². The second-order valence-electron chi connectivity index (χ2n) is 5.15. The number of benzene rings is 1. The number of hydrogen-bond acceptors (Lipinski definition) is 4. The topological polar surface area (TPSA) is 88.0 Å². The second kappa shape index (κ2) is 6.11. The Morgan fingerprint density at radius 1 is 1.29 bits per heavy atom. The van der Waals surface area contributed by atoms with Crippen LogP contribution in [0.25, 0.3) is 11.3 Å². The first-order valence-electron chi connectivity index (χ1n) is 7.19. The number of rotatable bonds is 4. The molecule has 0 saturated carbocycles. The number of amides is 1. The predicted molar refractivity (Wildman–Crippen MR) is 84.2 cm³/mol. The van der Waals surface area contributed by atoms with Crippen molar-refractivity contribution in [2.45, 2.75) is 6.92 Å². The highest BCUT2D eigenvalue weighted by molar-refractivity contribution is 6.13. The average Bonchev–Trinajstić information content (AvgIpc) is 3.21. The summed E-state index contributed by atoms with van der Waals surface area (Å²) in [6, 6.07) is 7.44. The number of H-pyrrole nitrogens is 1. The van der Waals surface area contributed by atoms with Crippen molar-refractivity contribution >= 4 is 11.7 Å². The minimum Gasteiger partial charge on any atom is -0.360 e. The molecule has 2 heterocycles. The summed E-state index contributed by atoms with van der Waals surface area (Å²) in [6.45, 7) is 1.58. The van der Waals surface area contributed by atoms with Crippen molar-refractivity contribution in [3.8, 4) is 11.3 Å². The molecule has 0 aliphatic heterocycles. The van der Waals surface area contributed by atoms with Crippen LogP contribution < -0.4 is 5.32 Å². The summed E-state index contributed by atoms with van der Waals surface area (Å²) in [5.41, 5.74) is 1.00. The number of ketones is 1. The van der Waals surface area contributed by atoms with E-state index in [1.165, 1.54) is 31.4 Å². The molecule has 0 bridgehead atoms. The molecule has 0 unspecified atom stereocenters. The van der Waals surface area contributed by atoms with Crippen LogP contribution in [-0.4, -0.2) is 28.9 Å². The summed E-state index contributed by atoms with van der Waals surface area (Å²) < 4.78 is 19.1. The van der Waals surface area contributed by atoms with Crippen LogP contribution in [0.5, 0.6) is 0 Å². The maximum atomic E-state index is 14.0. The lowest BCUT2D eigenvalue weighted by Gasteiger charge is -2.02. The van der Waals surface area contributed by atoms with Gasteiger partial charge in [0.15, 0.2) is 5.78 Å². The number of carbonyl (C=O) groups is 2. The standard InChI is InChI=1S/C17H14FN3O3/c1-9-14(15(21-24-9)11-5-3-4-6-12(11)18)16(22)10-7-13(20-8-10)17(23)19-2/h3-8,20H,1-2H3,(H,19,23). The van der Waals surface area contributed by atoms with Crippen LogP contribution in [0.1, 0.15) is 32.2 Å². The van der Waals surface area contributed by atoms with Gasteiger partial charge in [0.25, 0.3) is 5.91 Å². The van der Waals surface area contributed by atoms with Gasteiger partial charge >= 0.3 is 0 Å². The van der Waals surface area contributed by atoms with E-state index in [1.807, 2.05) is 0 Å². The Morgan fingerprint density at radius 3 is 2.75 bits per heavy atom. The van der Waals surface area contributed by atoms with E-state index in [0.29, 0.717) is 0 Å². The highest BCUT2D eigenvalue weighted by Crippen LogP contribution is 2.29. The van der Waals surface area contributed by atoms with Crippen LogP contribution in [0.4, 0.5) is 4.39 Å². The van der Waals surface area contributed by atoms with Crippen molar-refractivity contribution in [1.82, 2.24) is 15.5 Å². The third kappa shape index (κ3) is 2.60. The first-order chi connectivity index (χ1) is 11.5. The van der Waals surface area contributed by atoms with Crippen molar-refractivity contribution < 1.29 is 18.5 Å². The third-order valence-electron chi connectivity index (χ3n) is 3.64. The number of aryl methyl sites for hydroxylation is 1. The van der Waals surface area contributed by atoms with E-state index >= 15 is 0 Å². The molecule has 0 aliphatic carbocycles. The van der Waals surface area contributed by atoms with Gasteiger partial charge in [-0.05, 0) is 25.1 Å². The highest BCUT2D eigenvalue weighted by atomic mass is 19.1. The van der Waals surface area contributed by atoms with Gasteiger partial charge in [0.1, 0.15) is 23.0 Å². The second-order valence-corrected chi connectivity index (χ2v) is 5.15. The number of halogens is 1. The van der Waals surface area contributed by atoms with Gasteiger partial charge in [0, 0.05) is 24.4 Å². The fraction of sp³-hybridized carbons (Fsp3) is 0.118. The Hall–Kier alpha value is -3.22. The lowest BCUT2D eigenvalue weighted by atomic mass is 9.99. The van der Waals surface area contributed by atoms with Crippen molar-refractivity contribution in [1.29, 1.82) is 0 Å². The Kier molecular flexibility index (Phi) is 3.99. The molecule has 0 aliphatic rings. The van der Waals surface area contributed by atoms with E-state index in [-0.39, 0.29) is 39.7 Å². The molecule has 3 aromatic rings. The van der Waals surface area contributed by atoms with Gasteiger partial charge in [-0.3, -0.25) is 9.59 Å². The molecule has 6 nitrogen and oxygen atoms in total. The zero-order valence-electron chi connectivity index (χ0n) is 13.0. The van der Waals surface area contributed by atoms with Crippen LogP contribution in [-0.2, 0) is 0 Å². The maximum Gasteiger partial charge on any atom is 0.267 e. The zero-order chi connectivity index (χ0) is 17.3. The number of hydrogen-bond donors (Lipinski definition) is 2. The molecule has 0 saturated heterocycles. The van der Waals surface area contributed by atoms with Crippen LogP contribution in [0, 0.1) is 12.7 Å². The molecule has 2 aromatic heterocycles. The molecule has 0 spiro atoms. The number of nitrogens with one attached hydrogen (secondary N) is 2. The molecule has 2 N–H and O–H groups in total. The minimum atomic E-state index is -0.500. The fourth-order valence-electron chi connectivity index (χ4n) is 2.41. The lowest BCUT2D eigenvalue weighted by molar-refractivity contribution is 0.0958. The van der Waals surface area contributed by atoms with E-state index in [4.69, 9.17) is 4.52 Å². The number of carbonyl (C=O) groups excluding carboxylic acids is 2. The fourth-order valence-corrected chi connectivity index (χ4v) is 2.41. The van der Waals surface area contributed by atoms with Gasteiger partial charge in [-0.15, -0.1) is 0 Å². The van der Waals surface area contributed by atoms with Crippen molar-refractivity contribution in [2.24, 2.45) is 0 Å². The van der Waals surface area contributed by atoms with Crippen molar-refractivity contribution in [2.75, 3.05) is 7.05 Å². The monoisotopic (exact) mass is 327 g/mol. The number of nitrogens with zero attached hydrogens (tertiary/aromatic N) is 1. The minimum absolute atomic E-state index is 0.137. The molecule has 0 radical (unpaired) electrons. The Bertz CT molecular complexity index is 927. The molecule has 7 heteroatoms. The summed E-state index contributed by atoms with van der Waals surface area (Å²) in [4.78, 5) is 27.1. The summed E-state index contributed by atoms with van der Waals surface area (Å²) in [5, 5.41) is 6.29. The van der Waals surface area contributed by atoms with Gasteiger partial charge in [-0.2, -0.15) is 0 Å². The van der Waals surface area contributed by atoms with Gasteiger partial charge in [-0.1, -0.05) is 17.3 Å². The molecule has 0 fully saturated rings. The van der Waals surface area contributed by atoms with Crippen molar-refractivity contribution in [3.63, 3.8) is 0 Å². The SMILES string of the molecule is CNC(=O)c1cc(C(=O)c2c(-c3ccccc3F)noc2C)c[nH]1. The lowest BCUT2D eigenvalue weighted by Crippen LogP contribution is -2.17. The maximum absolute atomic E-state index is 14.0. The molecule has 3 rings (SSSR count). The first-order valence-corrected chi connectivity index (χ1v) is 7.19. The molecule has 0 atom stereocenters. The Balaban J connectivity index is 2.05. The van der Waals surface area contributed by atoms with E-state index in [1.54, 1.807) is 19.1 Å². The molecule has 1 aromatic carbocycles. The third-order valence-corrected chi connectivity index (χ3v) is 3.64. The predicted octanol–water partition coefficient (Wildman–Crippen LogP) is 2.71. The Morgan fingerprint density at radius 2 is 2.04 bits per heavy atom.